The number of benzene rings is 2. The number of methoxy groups -OCH3 is 1. The van der Waals surface area contributed by atoms with Gasteiger partial charge in [0.2, 0.25) is 0 Å². The molecule has 0 aliphatic carbocycles. The molecule has 2 aromatic rings. The van der Waals surface area contributed by atoms with Crippen molar-refractivity contribution >= 4 is 5.69 Å². The fourth-order valence-electron chi connectivity index (χ4n) is 2.33. The Morgan fingerprint density at radius 3 is 2.50 bits per heavy atom. The normalized spacial score (nSPS) is 11.9. The zero-order chi connectivity index (χ0) is 14.4. The highest BCUT2D eigenvalue weighted by molar-refractivity contribution is 5.50. The molecule has 0 aromatic heterocycles. The zero-order valence-electron chi connectivity index (χ0n) is 12.1. The Bertz CT molecular complexity index is 528. The third-order valence-corrected chi connectivity index (χ3v) is 3.54. The molecule has 3 heteroatoms. The molecule has 3 nitrogen and oxygen atoms in total. The molecule has 0 saturated carbocycles. The average molecular weight is 270 g/mol. The molecule has 1 unspecified atom stereocenters. The van der Waals surface area contributed by atoms with Crippen LogP contribution in [0.1, 0.15) is 11.5 Å². The van der Waals surface area contributed by atoms with Crippen LogP contribution >= 0.6 is 0 Å². The SMILES string of the molecule is COc1cccc(N(C)CC(CN)c2ccccc2)c1. The van der Waals surface area contributed by atoms with E-state index in [1.165, 1.54) is 5.56 Å². The van der Waals surface area contributed by atoms with Crippen LogP contribution in [0.5, 0.6) is 5.75 Å². The molecule has 0 aliphatic heterocycles. The summed E-state index contributed by atoms with van der Waals surface area (Å²) in [6.07, 6.45) is 0. The summed E-state index contributed by atoms with van der Waals surface area (Å²) in [5, 5.41) is 0. The van der Waals surface area contributed by atoms with E-state index < -0.39 is 0 Å². The molecule has 0 amide bonds. The largest absolute Gasteiger partial charge is 0.497 e. The lowest BCUT2D eigenvalue weighted by Gasteiger charge is -2.25. The van der Waals surface area contributed by atoms with Crippen LogP contribution in [-0.4, -0.2) is 27.2 Å². The third-order valence-electron chi connectivity index (χ3n) is 3.54. The summed E-state index contributed by atoms with van der Waals surface area (Å²) in [5.74, 6) is 1.20. The molecule has 2 N–H and O–H groups in total. The molecule has 2 aromatic carbocycles. The summed E-state index contributed by atoms with van der Waals surface area (Å²) >= 11 is 0. The zero-order valence-corrected chi connectivity index (χ0v) is 12.1. The van der Waals surface area contributed by atoms with Gasteiger partial charge in [0.15, 0.2) is 0 Å². The Hall–Kier alpha value is -2.00. The van der Waals surface area contributed by atoms with Crippen LogP contribution in [0.4, 0.5) is 5.69 Å². The van der Waals surface area contributed by atoms with Gasteiger partial charge in [-0.1, -0.05) is 36.4 Å². The van der Waals surface area contributed by atoms with Gasteiger partial charge in [0.25, 0.3) is 0 Å². The maximum atomic E-state index is 5.94. The molecule has 2 rings (SSSR count). The Morgan fingerprint density at radius 2 is 1.85 bits per heavy atom. The highest BCUT2D eigenvalue weighted by Crippen LogP contribution is 2.23. The van der Waals surface area contributed by atoms with Crippen molar-refractivity contribution in [3.63, 3.8) is 0 Å². The number of anilines is 1. The standard InChI is InChI=1S/C17H22N2O/c1-19(16-9-6-10-17(11-16)20-2)13-15(12-18)14-7-4-3-5-8-14/h3-11,15H,12-13,18H2,1-2H3. The molecule has 0 heterocycles. The van der Waals surface area contributed by atoms with E-state index in [0.717, 1.165) is 18.0 Å². The monoisotopic (exact) mass is 270 g/mol. The van der Waals surface area contributed by atoms with Crippen LogP contribution in [0.25, 0.3) is 0 Å². The molecule has 0 radical (unpaired) electrons. The lowest BCUT2D eigenvalue weighted by Crippen LogP contribution is -2.28. The molecule has 106 valence electrons. The Kier molecular flexibility index (Phi) is 5.02. The van der Waals surface area contributed by atoms with Gasteiger partial charge in [-0.15, -0.1) is 0 Å². The molecular formula is C17H22N2O. The van der Waals surface area contributed by atoms with Gasteiger partial charge in [-0.3, -0.25) is 0 Å². The van der Waals surface area contributed by atoms with Crippen molar-refractivity contribution in [3.8, 4) is 5.75 Å². The topological polar surface area (TPSA) is 38.5 Å². The van der Waals surface area contributed by atoms with Crippen LogP contribution in [-0.2, 0) is 0 Å². The molecule has 0 saturated heterocycles. The number of ether oxygens (including phenoxy) is 1. The van der Waals surface area contributed by atoms with E-state index in [4.69, 9.17) is 10.5 Å². The maximum absolute atomic E-state index is 5.94. The predicted molar refractivity (Wildman–Crippen MR) is 84.5 cm³/mol. The minimum atomic E-state index is 0.326. The van der Waals surface area contributed by atoms with E-state index in [-0.39, 0.29) is 0 Å². The summed E-state index contributed by atoms with van der Waals surface area (Å²) in [5.41, 5.74) is 8.36. The van der Waals surface area contributed by atoms with Gasteiger partial charge in [0, 0.05) is 37.8 Å². The van der Waals surface area contributed by atoms with E-state index in [9.17, 15) is 0 Å². The highest BCUT2D eigenvalue weighted by Gasteiger charge is 2.13. The molecule has 0 spiro atoms. The van der Waals surface area contributed by atoms with Crippen LogP contribution in [0.15, 0.2) is 54.6 Å². The second-order valence-electron chi connectivity index (χ2n) is 4.93. The van der Waals surface area contributed by atoms with Crippen molar-refractivity contribution in [3.05, 3.63) is 60.2 Å². The molecule has 0 aliphatic rings. The Morgan fingerprint density at radius 1 is 1.10 bits per heavy atom. The second kappa shape index (κ2) is 6.96. The van der Waals surface area contributed by atoms with Crippen LogP contribution in [0.3, 0.4) is 0 Å². The fourth-order valence-corrected chi connectivity index (χ4v) is 2.33. The minimum Gasteiger partial charge on any atom is -0.497 e. The number of hydrogen-bond donors (Lipinski definition) is 1. The van der Waals surface area contributed by atoms with Gasteiger partial charge in [-0.25, -0.2) is 0 Å². The molecule has 1 atom stereocenters. The van der Waals surface area contributed by atoms with E-state index in [1.54, 1.807) is 7.11 Å². The van der Waals surface area contributed by atoms with Gasteiger partial charge < -0.3 is 15.4 Å². The van der Waals surface area contributed by atoms with Crippen molar-refractivity contribution in [2.45, 2.75) is 5.92 Å². The average Bonchev–Trinajstić information content (AvgIpc) is 2.53. The minimum absolute atomic E-state index is 0.326. The first-order chi connectivity index (χ1) is 9.74. The van der Waals surface area contributed by atoms with E-state index in [1.807, 2.05) is 24.3 Å². The van der Waals surface area contributed by atoms with Crippen LogP contribution < -0.4 is 15.4 Å². The second-order valence-corrected chi connectivity index (χ2v) is 4.93. The summed E-state index contributed by atoms with van der Waals surface area (Å²) in [6.45, 7) is 1.52. The maximum Gasteiger partial charge on any atom is 0.120 e. The summed E-state index contributed by atoms with van der Waals surface area (Å²) < 4.78 is 5.27. The molecule has 20 heavy (non-hydrogen) atoms. The van der Waals surface area contributed by atoms with Crippen LogP contribution in [0, 0.1) is 0 Å². The van der Waals surface area contributed by atoms with Crippen molar-refractivity contribution in [2.24, 2.45) is 5.73 Å². The number of likely N-dealkylation sites (N-methyl/N-ethyl adjacent to an activating group) is 1. The van der Waals surface area contributed by atoms with Crippen LogP contribution in [0.2, 0.25) is 0 Å². The first-order valence-electron chi connectivity index (χ1n) is 6.84. The van der Waals surface area contributed by atoms with Crippen molar-refractivity contribution in [1.82, 2.24) is 0 Å². The van der Waals surface area contributed by atoms with Crippen molar-refractivity contribution < 1.29 is 4.74 Å². The quantitative estimate of drug-likeness (QED) is 0.877. The molecule has 0 bridgehead atoms. The third kappa shape index (κ3) is 3.52. The molecular weight excluding hydrogens is 248 g/mol. The lowest BCUT2D eigenvalue weighted by molar-refractivity contribution is 0.415. The van der Waals surface area contributed by atoms with E-state index >= 15 is 0 Å². The first kappa shape index (κ1) is 14.4. The fraction of sp³-hybridized carbons (Fsp3) is 0.294. The summed E-state index contributed by atoms with van der Waals surface area (Å²) in [4.78, 5) is 2.22. The predicted octanol–water partition coefficient (Wildman–Crippen LogP) is 2.87. The Balaban J connectivity index is 2.11. The van der Waals surface area contributed by atoms with E-state index in [0.29, 0.717) is 12.5 Å². The summed E-state index contributed by atoms with van der Waals surface area (Å²) in [7, 11) is 3.77. The van der Waals surface area contributed by atoms with Gasteiger partial charge in [0.1, 0.15) is 5.75 Å². The smallest absolute Gasteiger partial charge is 0.120 e. The van der Waals surface area contributed by atoms with Crippen molar-refractivity contribution in [2.75, 3.05) is 32.1 Å². The van der Waals surface area contributed by atoms with Gasteiger partial charge in [-0.2, -0.15) is 0 Å². The number of hydrogen-bond acceptors (Lipinski definition) is 3. The number of rotatable bonds is 6. The van der Waals surface area contributed by atoms with E-state index in [2.05, 4.69) is 42.3 Å². The lowest BCUT2D eigenvalue weighted by atomic mass is 9.98. The first-order valence-corrected chi connectivity index (χ1v) is 6.84. The summed E-state index contributed by atoms with van der Waals surface area (Å²) in [6, 6.07) is 18.5. The van der Waals surface area contributed by atoms with Crippen molar-refractivity contribution in [1.29, 1.82) is 0 Å². The Labute approximate surface area is 121 Å². The van der Waals surface area contributed by atoms with Gasteiger partial charge in [0.05, 0.1) is 7.11 Å². The van der Waals surface area contributed by atoms with Gasteiger partial charge in [-0.05, 0) is 17.7 Å². The molecule has 0 fully saturated rings. The number of nitrogens with zero attached hydrogens (tertiary/aromatic N) is 1. The number of nitrogens with two attached hydrogens (primary N) is 1. The van der Waals surface area contributed by atoms with Gasteiger partial charge >= 0.3 is 0 Å². The highest BCUT2D eigenvalue weighted by atomic mass is 16.5.